The van der Waals surface area contributed by atoms with Crippen LogP contribution in [0, 0.1) is 0 Å². The summed E-state index contributed by atoms with van der Waals surface area (Å²) in [5, 5.41) is 0. The van der Waals surface area contributed by atoms with E-state index in [4.69, 9.17) is 28.9 Å². The van der Waals surface area contributed by atoms with E-state index in [-0.39, 0.29) is 5.78 Å². The molecule has 82 valence electrons. The van der Waals surface area contributed by atoms with Gasteiger partial charge in [0, 0.05) is 11.3 Å². The van der Waals surface area contributed by atoms with Crippen molar-refractivity contribution in [3.05, 3.63) is 50.1 Å². The van der Waals surface area contributed by atoms with E-state index in [1.165, 1.54) is 11.3 Å². The summed E-state index contributed by atoms with van der Waals surface area (Å²) in [6.07, 6.45) is 0. The summed E-state index contributed by atoms with van der Waals surface area (Å²) < 4.78 is 0.876. The topological polar surface area (TPSA) is 43.1 Å². The van der Waals surface area contributed by atoms with Gasteiger partial charge in [0.2, 0.25) is 0 Å². The van der Waals surface area contributed by atoms with Gasteiger partial charge in [-0.3, -0.25) is 4.79 Å². The van der Waals surface area contributed by atoms with Crippen molar-refractivity contribution in [1.29, 1.82) is 0 Å². The van der Waals surface area contributed by atoms with E-state index in [0.717, 1.165) is 0 Å². The van der Waals surface area contributed by atoms with Crippen molar-refractivity contribution >= 4 is 46.0 Å². The molecule has 0 atom stereocenters. The van der Waals surface area contributed by atoms with Crippen LogP contribution in [0.2, 0.25) is 8.67 Å². The molecule has 0 bridgehead atoms. The Hall–Kier alpha value is -1.03. The molecule has 5 heteroatoms. The van der Waals surface area contributed by atoms with Crippen molar-refractivity contribution in [2.75, 3.05) is 5.73 Å². The molecule has 0 saturated carbocycles. The molecule has 0 aliphatic heterocycles. The Balaban J connectivity index is 2.47. The Morgan fingerprint density at radius 3 is 2.44 bits per heavy atom. The molecular formula is C11H7Cl2NOS. The number of anilines is 1. The Kier molecular flexibility index (Phi) is 3.19. The highest BCUT2D eigenvalue weighted by molar-refractivity contribution is 7.20. The number of halogens is 2. The molecule has 0 fully saturated rings. The lowest BCUT2D eigenvalue weighted by molar-refractivity contribution is 0.104. The van der Waals surface area contributed by atoms with Crippen LogP contribution in [0.5, 0.6) is 0 Å². The van der Waals surface area contributed by atoms with Gasteiger partial charge in [-0.05, 0) is 18.2 Å². The SMILES string of the molecule is Nc1ccccc1C(=O)c1cc(Cl)sc1Cl. The van der Waals surface area contributed by atoms with Crippen LogP contribution in [0.3, 0.4) is 0 Å². The highest BCUT2D eigenvalue weighted by Gasteiger charge is 2.17. The maximum Gasteiger partial charge on any atom is 0.197 e. The average molecular weight is 272 g/mol. The predicted molar refractivity (Wildman–Crippen MR) is 68.6 cm³/mol. The molecule has 2 nitrogen and oxygen atoms in total. The number of carbonyl (C=O) groups is 1. The minimum atomic E-state index is -0.203. The highest BCUT2D eigenvalue weighted by Crippen LogP contribution is 2.33. The fourth-order valence-corrected chi connectivity index (χ4v) is 2.80. The van der Waals surface area contributed by atoms with Crippen molar-refractivity contribution in [2.24, 2.45) is 0 Å². The third-order valence-corrected chi connectivity index (χ3v) is 3.59. The number of benzene rings is 1. The molecule has 0 spiro atoms. The third-order valence-electron chi connectivity index (χ3n) is 2.11. The van der Waals surface area contributed by atoms with Gasteiger partial charge >= 0.3 is 0 Å². The van der Waals surface area contributed by atoms with Gasteiger partial charge in [-0.1, -0.05) is 35.3 Å². The van der Waals surface area contributed by atoms with Gasteiger partial charge in [0.15, 0.2) is 5.78 Å². The third kappa shape index (κ3) is 2.07. The van der Waals surface area contributed by atoms with Gasteiger partial charge in [-0.15, -0.1) is 11.3 Å². The molecule has 0 unspecified atom stereocenters. The Morgan fingerprint density at radius 2 is 1.88 bits per heavy atom. The minimum Gasteiger partial charge on any atom is -0.398 e. The number of para-hydroxylation sites is 1. The predicted octanol–water partition coefficient (Wildman–Crippen LogP) is 3.87. The molecule has 0 radical (unpaired) electrons. The summed E-state index contributed by atoms with van der Waals surface area (Å²) in [5.41, 5.74) is 7.00. The molecule has 2 rings (SSSR count). The van der Waals surface area contributed by atoms with Crippen molar-refractivity contribution in [2.45, 2.75) is 0 Å². The van der Waals surface area contributed by atoms with Crippen LogP contribution >= 0.6 is 34.5 Å². The van der Waals surface area contributed by atoms with E-state index in [1.807, 2.05) is 0 Å². The van der Waals surface area contributed by atoms with E-state index >= 15 is 0 Å². The Morgan fingerprint density at radius 1 is 1.19 bits per heavy atom. The number of carbonyl (C=O) groups excluding carboxylic acids is 1. The average Bonchev–Trinajstić information content (AvgIpc) is 2.58. The number of nitrogen functional groups attached to an aromatic ring is 1. The van der Waals surface area contributed by atoms with E-state index in [1.54, 1.807) is 30.3 Å². The first-order chi connectivity index (χ1) is 7.59. The summed E-state index contributed by atoms with van der Waals surface area (Å²) in [6, 6.07) is 8.43. The maximum absolute atomic E-state index is 12.1. The molecular weight excluding hydrogens is 265 g/mol. The van der Waals surface area contributed by atoms with E-state index in [0.29, 0.717) is 25.5 Å². The summed E-state index contributed by atoms with van der Waals surface area (Å²) in [4.78, 5) is 12.1. The second kappa shape index (κ2) is 4.45. The van der Waals surface area contributed by atoms with Crippen molar-refractivity contribution < 1.29 is 4.79 Å². The van der Waals surface area contributed by atoms with E-state index < -0.39 is 0 Å². The zero-order valence-corrected chi connectivity index (χ0v) is 10.4. The van der Waals surface area contributed by atoms with Gasteiger partial charge in [-0.2, -0.15) is 0 Å². The Bertz CT molecular complexity index is 551. The van der Waals surface area contributed by atoms with Crippen LogP contribution in [0.4, 0.5) is 5.69 Å². The van der Waals surface area contributed by atoms with Crippen LogP contribution in [0.1, 0.15) is 15.9 Å². The van der Waals surface area contributed by atoms with Crippen LogP contribution in [-0.4, -0.2) is 5.78 Å². The molecule has 1 heterocycles. The number of hydrogen-bond donors (Lipinski definition) is 1. The molecule has 0 saturated heterocycles. The molecule has 0 amide bonds. The van der Waals surface area contributed by atoms with E-state index in [2.05, 4.69) is 0 Å². The maximum atomic E-state index is 12.1. The van der Waals surface area contributed by atoms with Gasteiger partial charge in [0.05, 0.1) is 9.90 Å². The fourth-order valence-electron chi connectivity index (χ4n) is 1.34. The first kappa shape index (κ1) is 11.5. The number of nitrogens with two attached hydrogens (primary N) is 1. The quantitative estimate of drug-likeness (QED) is 0.666. The summed E-state index contributed by atoms with van der Waals surface area (Å²) >= 11 is 12.9. The van der Waals surface area contributed by atoms with E-state index in [9.17, 15) is 4.79 Å². The summed E-state index contributed by atoms with van der Waals surface area (Å²) in [5.74, 6) is -0.203. The highest BCUT2D eigenvalue weighted by atomic mass is 35.5. The number of ketones is 1. The number of hydrogen-bond acceptors (Lipinski definition) is 3. The molecule has 2 N–H and O–H groups in total. The Labute approximate surface area is 107 Å². The zero-order valence-electron chi connectivity index (χ0n) is 8.04. The lowest BCUT2D eigenvalue weighted by atomic mass is 10.0. The monoisotopic (exact) mass is 271 g/mol. The standard InChI is InChI=1S/C11H7Cl2NOS/c12-9-5-7(11(13)16-9)10(15)6-3-1-2-4-8(6)14/h1-5H,14H2. The molecule has 0 aliphatic rings. The van der Waals surface area contributed by atoms with Crippen LogP contribution in [0.15, 0.2) is 30.3 Å². The molecule has 1 aromatic carbocycles. The van der Waals surface area contributed by atoms with Gasteiger partial charge < -0.3 is 5.73 Å². The van der Waals surface area contributed by atoms with Crippen LogP contribution in [0.25, 0.3) is 0 Å². The van der Waals surface area contributed by atoms with Crippen molar-refractivity contribution in [3.63, 3.8) is 0 Å². The second-order valence-corrected chi connectivity index (χ2v) is 5.44. The zero-order chi connectivity index (χ0) is 11.7. The molecule has 16 heavy (non-hydrogen) atoms. The first-order valence-electron chi connectivity index (χ1n) is 4.43. The summed E-state index contributed by atoms with van der Waals surface area (Å²) in [7, 11) is 0. The van der Waals surface area contributed by atoms with Gasteiger partial charge in [-0.25, -0.2) is 0 Å². The van der Waals surface area contributed by atoms with Crippen LogP contribution in [-0.2, 0) is 0 Å². The fraction of sp³-hybridized carbons (Fsp3) is 0. The minimum absolute atomic E-state index is 0.203. The normalized spacial score (nSPS) is 10.4. The molecule has 2 aromatic rings. The first-order valence-corrected chi connectivity index (χ1v) is 6.01. The largest absolute Gasteiger partial charge is 0.398 e. The number of rotatable bonds is 2. The van der Waals surface area contributed by atoms with Gasteiger partial charge in [0.1, 0.15) is 4.34 Å². The van der Waals surface area contributed by atoms with Crippen molar-refractivity contribution in [3.8, 4) is 0 Å². The summed E-state index contributed by atoms with van der Waals surface area (Å²) in [6.45, 7) is 0. The van der Waals surface area contributed by atoms with Crippen molar-refractivity contribution in [1.82, 2.24) is 0 Å². The smallest absolute Gasteiger partial charge is 0.197 e. The molecule has 1 aromatic heterocycles. The second-order valence-electron chi connectivity index (χ2n) is 3.15. The number of thiophene rings is 1. The van der Waals surface area contributed by atoms with Gasteiger partial charge in [0.25, 0.3) is 0 Å². The van der Waals surface area contributed by atoms with Crippen LogP contribution < -0.4 is 5.73 Å². The lowest BCUT2D eigenvalue weighted by Crippen LogP contribution is -2.04. The lowest BCUT2D eigenvalue weighted by Gasteiger charge is -2.02. The molecule has 0 aliphatic carbocycles.